The lowest BCUT2D eigenvalue weighted by Gasteiger charge is -2.17. The molecule has 0 heterocycles. The number of rotatable bonds is 11. The molecule has 2 atom stereocenters. The van der Waals surface area contributed by atoms with Gasteiger partial charge in [-0.3, -0.25) is 4.79 Å². The van der Waals surface area contributed by atoms with Gasteiger partial charge in [0.15, 0.2) is 0 Å². The summed E-state index contributed by atoms with van der Waals surface area (Å²) >= 11 is 0. The Balaban J connectivity index is 2.26. The summed E-state index contributed by atoms with van der Waals surface area (Å²) in [4.78, 5) is 11.7. The lowest BCUT2D eigenvalue weighted by molar-refractivity contribution is -0.145. The molecule has 0 aliphatic carbocycles. The number of ether oxygens (including phenoxy) is 2. The van der Waals surface area contributed by atoms with E-state index in [1.165, 1.54) is 0 Å². The zero-order valence-corrected chi connectivity index (χ0v) is 14.3. The molecule has 2 unspecified atom stereocenters. The highest BCUT2D eigenvalue weighted by Crippen LogP contribution is 2.16. The Hall–Kier alpha value is -2.10. The van der Waals surface area contributed by atoms with Gasteiger partial charge in [0.25, 0.3) is 0 Å². The minimum atomic E-state index is -0.799. The third kappa shape index (κ3) is 7.44. The molecule has 1 aromatic rings. The predicted molar refractivity (Wildman–Crippen MR) is 90.6 cm³/mol. The first-order valence-corrected chi connectivity index (χ1v) is 8.28. The molecule has 6 nitrogen and oxygen atoms in total. The van der Waals surface area contributed by atoms with Crippen LogP contribution >= 0.6 is 0 Å². The molecule has 0 aliphatic rings. The predicted octanol–water partition coefficient (Wildman–Crippen LogP) is 2.01. The SMILES string of the molecule is CCCCCOC(=O)C(C)NCC(O)COc1ccccc1C#N. The van der Waals surface area contributed by atoms with Crippen LogP contribution in [0.3, 0.4) is 0 Å². The summed E-state index contributed by atoms with van der Waals surface area (Å²) in [5, 5.41) is 21.8. The summed E-state index contributed by atoms with van der Waals surface area (Å²) in [5.41, 5.74) is 0.418. The van der Waals surface area contributed by atoms with Crippen LogP contribution in [-0.4, -0.2) is 43.0 Å². The number of nitrogens with zero attached hydrogens (tertiary/aromatic N) is 1. The molecule has 0 aromatic heterocycles. The van der Waals surface area contributed by atoms with Crippen LogP contribution in [0, 0.1) is 11.3 Å². The molecular formula is C18H26N2O4. The van der Waals surface area contributed by atoms with Crippen LogP contribution in [0.2, 0.25) is 0 Å². The maximum atomic E-state index is 11.7. The Kier molecular flexibility index (Phi) is 9.51. The number of esters is 1. The number of hydrogen-bond acceptors (Lipinski definition) is 6. The van der Waals surface area contributed by atoms with Crippen molar-refractivity contribution in [3.8, 4) is 11.8 Å². The first kappa shape index (κ1) is 19.9. The largest absolute Gasteiger partial charge is 0.489 e. The molecule has 132 valence electrons. The molecule has 0 saturated carbocycles. The zero-order valence-electron chi connectivity index (χ0n) is 14.3. The highest BCUT2D eigenvalue weighted by Gasteiger charge is 2.16. The van der Waals surface area contributed by atoms with Gasteiger partial charge < -0.3 is 19.9 Å². The van der Waals surface area contributed by atoms with Crippen LogP contribution in [0.5, 0.6) is 5.75 Å². The molecular weight excluding hydrogens is 308 g/mol. The van der Waals surface area contributed by atoms with Crippen molar-refractivity contribution < 1.29 is 19.4 Å². The summed E-state index contributed by atoms with van der Waals surface area (Å²) in [7, 11) is 0. The minimum absolute atomic E-state index is 0.0317. The van der Waals surface area contributed by atoms with Crippen molar-refractivity contribution in [2.75, 3.05) is 19.8 Å². The van der Waals surface area contributed by atoms with Gasteiger partial charge in [-0.2, -0.15) is 5.26 Å². The van der Waals surface area contributed by atoms with Crippen LogP contribution in [-0.2, 0) is 9.53 Å². The molecule has 2 N–H and O–H groups in total. The fourth-order valence-electron chi connectivity index (χ4n) is 1.98. The van der Waals surface area contributed by atoms with Gasteiger partial charge in [0, 0.05) is 6.54 Å². The number of nitrogens with one attached hydrogen (secondary N) is 1. The average molecular weight is 334 g/mol. The van der Waals surface area contributed by atoms with Gasteiger partial charge in [-0.1, -0.05) is 31.9 Å². The van der Waals surface area contributed by atoms with E-state index >= 15 is 0 Å². The van der Waals surface area contributed by atoms with E-state index in [9.17, 15) is 9.90 Å². The second kappa shape index (κ2) is 11.4. The van der Waals surface area contributed by atoms with Crippen LogP contribution in [0.1, 0.15) is 38.7 Å². The fourth-order valence-corrected chi connectivity index (χ4v) is 1.98. The standard InChI is InChI=1S/C18H26N2O4/c1-3-4-7-10-23-18(22)14(2)20-12-16(21)13-24-17-9-6-5-8-15(17)11-19/h5-6,8-9,14,16,20-21H,3-4,7,10,12-13H2,1-2H3. The highest BCUT2D eigenvalue weighted by atomic mass is 16.5. The molecule has 0 fully saturated rings. The number of aliphatic hydroxyl groups excluding tert-OH is 1. The van der Waals surface area contributed by atoms with Crippen molar-refractivity contribution in [2.24, 2.45) is 0 Å². The Bertz CT molecular complexity index is 542. The van der Waals surface area contributed by atoms with Crippen molar-refractivity contribution in [3.63, 3.8) is 0 Å². The molecule has 0 spiro atoms. The van der Waals surface area contributed by atoms with Crippen LogP contribution in [0.25, 0.3) is 0 Å². The Morgan fingerprint density at radius 3 is 2.83 bits per heavy atom. The van der Waals surface area contributed by atoms with Crippen LogP contribution in [0.15, 0.2) is 24.3 Å². The van der Waals surface area contributed by atoms with Crippen molar-refractivity contribution in [1.29, 1.82) is 5.26 Å². The number of aliphatic hydroxyl groups is 1. The van der Waals surface area contributed by atoms with E-state index in [-0.39, 0.29) is 19.1 Å². The Morgan fingerprint density at radius 2 is 2.12 bits per heavy atom. The summed E-state index contributed by atoms with van der Waals surface area (Å²) in [6.45, 7) is 4.43. The summed E-state index contributed by atoms with van der Waals surface area (Å²) in [5.74, 6) is 0.108. The molecule has 24 heavy (non-hydrogen) atoms. The van der Waals surface area contributed by atoms with E-state index in [0.29, 0.717) is 17.9 Å². The molecule has 1 aromatic carbocycles. The smallest absolute Gasteiger partial charge is 0.322 e. The minimum Gasteiger partial charge on any atom is -0.489 e. The van der Waals surface area contributed by atoms with Gasteiger partial charge in [0.05, 0.1) is 12.2 Å². The lowest BCUT2D eigenvalue weighted by atomic mass is 10.2. The van der Waals surface area contributed by atoms with Gasteiger partial charge in [0.1, 0.15) is 30.6 Å². The van der Waals surface area contributed by atoms with Gasteiger partial charge in [-0.25, -0.2) is 0 Å². The highest BCUT2D eigenvalue weighted by molar-refractivity contribution is 5.75. The first-order chi connectivity index (χ1) is 11.6. The quantitative estimate of drug-likeness (QED) is 0.475. The maximum Gasteiger partial charge on any atom is 0.322 e. The second-order valence-electron chi connectivity index (χ2n) is 5.58. The molecule has 6 heteroatoms. The number of nitriles is 1. The van der Waals surface area contributed by atoms with Crippen LogP contribution in [0.4, 0.5) is 0 Å². The average Bonchev–Trinajstić information content (AvgIpc) is 2.61. The third-order valence-corrected chi connectivity index (χ3v) is 3.44. The van der Waals surface area contributed by atoms with E-state index in [2.05, 4.69) is 12.2 Å². The monoisotopic (exact) mass is 334 g/mol. The van der Waals surface area contributed by atoms with Gasteiger partial charge in [0.2, 0.25) is 0 Å². The maximum absolute atomic E-state index is 11.7. The number of para-hydroxylation sites is 1. The van der Waals surface area contributed by atoms with Gasteiger partial charge >= 0.3 is 5.97 Å². The molecule has 0 radical (unpaired) electrons. The van der Waals surface area contributed by atoms with Gasteiger partial charge in [-0.05, 0) is 25.5 Å². The summed E-state index contributed by atoms with van der Waals surface area (Å²) in [6, 6.07) is 8.37. The molecule has 1 rings (SSSR count). The normalized spacial score (nSPS) is 12.9. The Labute approximate surface area is 143 Å². The number of unbranched alkanes of at least 4 members (excludes halogenated alkanes) is 2. The number of hydrogen-bond donors (Lipinski definition) is 2. The molecule has 0 bridgehead atoms. The molecule has 0 saturated heterocycles. The van der Waals surface area contributed by atoms with Crippen molar-refractivity contribution in [2.45, 2.75) is 45.3 Å². The van der Waals surface area contributed by atoms with E-state index in [4.69, 9.17) is 14.7 Å². The van der Waals surface area contributed by atoms with Crippen molar-refractivity contribution in [1.82, 2.24) is 5.32 Å². The van der Waals surface area contributed by atoms with E-state index in [1.54, 1.807) is 31.2 Å². The summed E-state index contributed by atoms with van der Waals surface area (Å²) < 4.78 is 10.6. The zero-order chi connectivity index (χ0) is 17.8. The van der Waals surface area contributed by atoms with E-state index in [0.717, 1.165) is 19.3 Å². The van der Waals surface area contributed by atoms with E-state index < -0.39 is 12.1 Å². The topological polar surface area (TPSA) is 91.6 Å². The van der Waals surface area contributed by atoms with Crippen LogP contribution < -0.4 is 10.1 Å². The van der Waals surface area contributed by atoms with Crippen molar-refractivity contribution >= 4 is 5.97 Å². The summed E-state index contributed by atoms with van der Waals surface area (Å²) in [6.07, 6.45) is 2.18. The lowest BCUT2D eigenvalue weighted by Crippen LogP contribution is -2.41. The van der Waals surface area contributed by atoms with Crippen molar-refractivity contribution in [3.05, 3.63) is 29.8 Å². The number of carbonyl (C=O) groups is 1. The second-order valence-corrected chi connectivity index (χ2v) is 5.58. The third-order valence-electron chi connectivity index (χ3n) is 3.44. The van der Waals surface area contributed by atoms with E-state index in [1.807, 2.05) is 6.07 Å². The van der Waals surface area contributed by atoms with Gasteiger partial charge in [-0.15, -0.1) is 0 Å². The molecule has 0 amide bonds. The molecule has 0 aliphatic heterocycles. The Morgan fingerprint density at radius 1 is 1.38 bits per heavy atom. The first-order valence-electron chi connectivity index (χ1n) is 8.28. The fraction of sp³-hybridized carbons (Fsp3) is 0.556. The number of benzene rings is 1. The number of carbonyl (C=O) groups excluding carboxylic acids is 1.